The summed E-state index contributed by atoms with van der Waals surface area (Å²) in [6.07, 6.45) is 3.52. The number of anilines is 1. The molecule has 0 spiro atoms. The maximum absolute atomic E-state index is 10.9. The average molecular weight is 252 g/mol. The van der Waals surface area contributed by atoms with E-state index in [-0.39, 0.29) is 5.41 Å². The smallest absolute Gasteiger partial charge is 0.128 e. The van der Waals surface area contributed by atoms with Crippen LogP contribution in [0.25, 0.3) is 0 Å². The van der Waals surface area contributed by atoms with Crippen molar-refractivity contribution < 1.29 is 4.79 Å². The molecule has 0 amide bonds. The highest BCUT2D eigenvalue weighted by atomic mass is 16.1. The number of hydrogen-bond acceptors (Lipinski definition) is 3. The number of nitrogens with zero attached hydrogens (tertiary/aromatic N) is 1. The van der Waals surface area contributed by atoms with Crippen LogP contribution in [0.15, 0.2) is 41.6 Å². The zero-order valence-corrected chi connectivity index (χ0v) is 11.2. The highest BCUT2D eigenvalue weighted by Crippen LogP contribution is 2.37. The van der Waals surface area contributed by atoms with E-state index in [9.17, 15) is 4.79 Å². The van der Waals surface area contributed by atoms with Crippen LogP contribution >= 0.6 is 0 Å². The lowest BCUT2D eigenvalue weighted by Gasteiger charge is -2.30. The molecule has 19 heavy (non-hydrogen) atoms. The topological polar surface area (TPSA) is 52.9 Å². The summed E-state index contributed by atoms with van der Waals surface area (Å²) in [7, 11) is 0. The van der Waals surface area contributed by atoms with E-state index in [1.165, 1.54) is 0 Å². The number of benzene rings is 1. The SMILES string of the molecule is CC1(C)CC(=C=O)C=C(Nc2ccc(C#N)cc2)C1. The summed E-state index contributed by atoms with van der Waals surface area (Å²) >= 11 is 0. The van der Waals surface area contributed by atoms with Crippen LogP contribution in [0.2, 0.25) is 0 Å². The minimum atomic E-state index is 0.0659. The largest absolute Gasteiger partial charge is 0.359 e. The molecular weight excluding hydrogens is 236 g/mol. The molecule has 0 radical (unpaired) electrons. The van der Waals surface area contributed by atoms with Gasteiger partial charge in [-0.25, -0.2) is 4.79 Å². The Bertz CT molecular complexity index is 597. The Labute approximate surface area is 113 Å². The normalized spacial score (nSPS) is 17.1. The molecule has 1 N–H and O–H groups in total. The monoisotopic (exact) mass is 252 g/mol. The second-order valence-corrected chi connectivity index (χ2v) is 5.63. The highest BCUT2D eigenvalue weighted by Gasteiger charge is 2.26. The van der Waals surface area contributed by atoms with Gasteiger partial charge in [-0.1, -0.05) is 13.8 Å². The van der Waals surface area contributed by atoms with E-state index in [4.69, 9.17) is 5.26 Å². The predicted molar refractivity (Wildman–Crippen MR) is 75.1 cm³/mol. The third-order valence-corrected chi connectivity index (χ3v) is 3.14. The van der Waals surface area contributed by atoms with Gasteiger partial charge in [0.05, 0.1) is 11.6 Å². The van der Waals surface area contributed by atoms with Gasteiger partial charge in [-0.15, -0.1) is 0 Å². The Morgan fingerprint density at radius 2 is 1.89 bits per heavy atom. The number of hydrogen-bond donors (Lipinski definition) is 1. The van der Waals surface area contributed by atoms with Crippen LogP contribution in [0.4, 0.5) is 5.69 Å². The molecule has 3 heteroatoms. The van der Waals surface area contributed by atoms with Crippen molar-refractivity contribution in [1.82, 2.24) is 0 Å². The minimum absolute atomic E-state index is 0.0659. The number of nitriles is 1. The fourth-order valence-corrected chi connectivity index (χ4v) is 2.37. The van der Waals surface area contributed by atoms with Crippen molar-refractivity contribution in [3.8, 4) is 6.07 Å². The molecule has 1 aromatic carbocycles. The molecule has 0 aromatic heterocycles. The summed E-state index contributed by atoms with van der Waals surface area (Å²) in [6, 6.07) is 9.36. The van der Waals surface area contributed by atoms with E-state index >= 15 is 0 Å². The van der Waals surface area contributed by atoms with Gasteiger partial charge in [0, 0.05) is 17.0 Å². The number of nitrogens with one attached hydrogen (secondary N) is 1. The van der Waals surface area contributed by atoms with E-state index in [0.717, 1.165) is 24.2 Å². The second kappa shape index (κ2) is 5.14. The zero-order valence-electron chi connectivity index (χ0n) is 11.2. The summed E-state index contributed by atoms with van der Waals surface area (Å²) in [6.45, 7) is 4.27. The fourth-order valence-electron chi connectivity index (χ4n) is 2.37. The van der Waals surface area contributed by atoms with Gasteiger partial charge in [-0.05, 0) is 48.6 Å². The quantitative estimate of drug-likeness (QED) is 0.820. The molecule has 0 aliphatic heterocycles. The summed E-state index contributed by atoms with van der Waals surface area (Å²) < 4.78 is 0. The van der Waals surface area contributed by atoms with Gasteiger partial charge in [0.25, 0.3) is 0 Å². The lowest BCUT2D eigenvalue weighted by atomic mass is 9.77. The first kappa shape index (κ1) is 13.1. The molecule has 0 saturated carbocycles. The minimum Gasteiger partial charge on any atom is -0.359 e. The standard InChI is InChI=1S/C16H16N2O/c1-16(2)8-13(11-19)7-15(9-16)18-14-5-3-12(10-17)4-6-14/h3-7,18H,8-9H2,1-2H3. The van der Waals surface area contributed by atoms with Crippen molar-refractivity contribution in [2.24, 2.45) is 5.41 Å². The van der Waals surface area contributed by atoms with Crippen molar-refractivity contribution in [2.75, 3.05) is 5.32 Å². The van der Waals surface area contributed by atoms with Crippen molar-refractivity contribution in [3.05, 3.63) is 47.2 Å². The van der Waals surface area contributed by atoms with E-state index in [2.05, 4.69) is 25.2 Å². The lowest BCUT2D eigenvalue weighted by Crippen LogP contribution is -2.20. The molecule has 1 aliphatic carbocycles. The van der Waals surface area contributed by atoms with Crippen LogP contribution in [0.5, 0.6) is 0 Å². The van der Waals surface area contributed by atoms with Gasteiger partial charge in [-0.3, -0.25) is 0 Å². The number of allylic oxidation sites excluding steroid dienone is 3. The first-order valence-corrected chi connectivity index (χ1v) is 6.24. The third kappa shape index (κ3) is 3.34. The van der Waals surface area contributed by atoms with Crippen LogP contribution in [-0.4, -0.2) is 5.94 Å². The Kier molecular flexibility index (Phi) is 3.55. The number of carbonyl (C=O) groups excluding carboxylic acids is 1. The zero-order chi connectivity index (χ0) is 13.9. The molecule has 1 aliphatic rings. The maximum atomic E-state index is 10.9. The van der Waals surface area contributed by atoms with E-state index in [1.807, 2.05) is 24.2 Å². The number of rotatable bonds is 2. The molecule has 3 nitrogen and oxygen atoms in total. The second-order valence-electron chi connectivity index (χ2n) is 5.63. The molecule has 0 saturated heterocycles. The molecule has 0 fully saturated rings. The van der Waals surface area contributed by atoms with Crippen LogP contribution in [0, 0.1) is 16.7 Å². The summed E-state index contributed by atoms with van der Waals surface area (Å²) in [5.41, 5.74) is 3.34. The average Bonchev–Trinajstić information content (AvgIpc) is 2.37. The highest BCUT2D eigenvalue weighted by molar-refractivity contribution is 5.61. The fraction of sp³-hybridized carbons (Fsp3) is 0.312. The Morgan fingerprint density at radius 3 is 2.47 bits per heavy atom. The molecule has 0 bridgehead atoms. The lowest BCUT2D eigenvalue weighted by molar-refractivity contribution is 0.353. The summed E-state index contributed by atoms with van der Waals surface area (Å²) in [5, 5.41) is 12.1. The van der Waals surface area contributed by atoms with E-state index in [0.29, 0.717) is 11.1 Å². The van der Waals surface area contributed by atoms with Crippen LogP contribution < -0.4 is 5.32 Å². The van der Waals surface area contributed by atoms with E-state index < -0.39 is 0 Å². The van der Waals surface area contributed by atoms with Crippen LogP contribution in [0.1, 0.15) is 32.3 Å². The molecular formula is C16H16N2O. The van der Waals surface area contributed by atoms with Crippen molar-refractivity contribution >= 4 is 11.6 Å². The summed E-state index contributed by atoms with van der Waals surface area (Å²) in [5.74, 6) is 2.00. The van der Waals surface area contributed by atoms with Gasteiger partial charge in [0.1, 0.15) is 5.94 Å². The van der Waals surface area contributed by atoms with Gasteiger partial charge >= 0.3 is 0 Å². The van der Waals surface area contributed by atoms with Crippen LogP contribution in [-0.2, 0) is 4.79 Å². The Balaban J connectivity index is 2.20. The molecule has 0 unspecified atom stereocenters. The van der Waals surface area contributed by atoms with Gasteiger partial charge in [-0.2, -0.15) is 5.26 Å². The Hall–Kier alpha value is -2.30. The maximum Gasteiger partial charge on any atom is 0.128 e. The van der Waals surface area contributed by atoms with Crippen molar-refractivity contribution in [1.29, 1.82) is 5.26 Å². The van der Waals surface area contributed by atoms with Gasteiger partial charge in [0.15, 0.2) is 0 Å². The predicted octanol–water partition coefficient (Wildman–Crippen LogP) is 3.43. The third-order valence-electron chi connectivity index (χ3n) is 3.14. The van der Waals surface area contributed by atoms with Gasteiger partial charge < -0.3 is 5.32 Å². The van der Waals surface area contributed by atoms with Crippen LogP contribution in [0.3, 0.4) is 0 Å². The first-order chi connectivity index (χ1) is 9.02. The molecule has 96 valence electrons. The first-order valence-electron chi connectivity index (χ1n) is 6.24. The van der Waals surface area contributed by atoms with Gasteiger partial charge in [0.2, 0.25) is 0 Å². The Morgan fingerprint density at radius 1 is 1.21 bits per heavy atom. The van der Waals surface area contributed by atoms with Crippen molar-refractivity contribution in [2.45, 2.75) is 26.7 Å². The molecule has 1 aromatic rings. The van der Waals surface area contributed by atoms with Crippen molar-refractivity contribution in [3.63, 3.8) is 0 Å². The molecule has 0 heterocycles. The molecule has 0 atom stereocenters. The van der Waals surface area contributed by atoms with E-state index in [1.54, 1.807) is 12.1 Å². The summed E-state index contributed by atoms with van der Waals surface area (Å²) in [4.78, 5) is 10.9. The molecule has 2 rings (SSSR count).